The Balaban J connectivity index is 2.92. The maximum Gasteiger partial charge on any atom is 0.347 e. The minimum absolute atomic E-state index is 0.894. The van der Waals surface area contributed by atoms with E-state index in [2.05, 4.69) is 0 Å². The van der Waals surface area contributed by atoms with Gasteiger partial charge in [-0.2, -0.15) is 0 Å². The highest BCUT2D eigenvalue weighted by Gasteiger charge is 2.32. The van der Waals surface area contributed by atoms with Crippen LogP contribution in [0.5, 0.6) is 0 Å². The second-order valence-electron chi connectivity index (χ2n) is 4.32. The predicted octanol–water partition coefficient (Wildman–Crippen LogP) is -0.273. The van der Waals surface area contributed by atoms with E-state index >= 15 is 0 Å². The Morgan fingerprint density at radius 2 is 0.650 bits per heavy atom. The molecule has 0 radical (unpaired) electrons. The molecule has 20 heavy (non-hydrogen) atoms. The molecule has 1 saturated heterocycles. The number of rotatable bonds is 0. The summed E-state index contributed by atoms with van der Waals surface area (Å²) in [6.07, 6.45) is -4.90. The van der Waals surface area contributed by atoms with Gasteiger partial charge in [-0.15, -0.1) is 0 Å². The van der Waals surface area contributed by atoms with Crippen molar-refractivity contribution in [1.82, 2.24) is 0 Å². The molecule has 8 nitrogen and oxygen atoms in total. The lowest BCUT2D eigenvalue weighted by Gasteiger charge is -2.22. The van der Waals surface area contributed by atoms with Gasteiger partial charge >= 0.3 is 23.9 Å². The lowest BCUT2D eigenvalue weighted by atomic mass is 10.3. The van der Waals surface area contributed by atoms with Crippen LogP contribution in [0.15, 0.2) is 0 Å². The van der Waals surface area contributed by atoms with Gasteiger partial charge < -0.3 is 18.9 Å². The third-order valence-electron chi connectivity index (χ3n) is 2.50. The van der Waals surface area contributed by atoms with Crippen LogP contribution >= 0.6 is 0 Å². The summed E-state index contributed by atoms with van der Waals surface area (Å²) in [6, 6.07) is 0. The highest BCUT2D eigenvalue weighted by atomic mass is 16.7. The Morgan fingerprint density at radius 3 is 0.800 bits per heavy atom. The van der Waals surface area contributed by atoms with Gasteiger partial charge in [0.25, 0.3) is 0 Å². The summed E-state index contributed by atoms with van der Waals surface area (Å²) in [7, 11) is 0. The van der Waals surface area contributed by atoms with Crippen molar-refractivity contribution in [3.8, 4) is 0 Å². The number of hydrogen-bond donors (Lipinski definition) is 0. The van der Waals surface area contributed by atoms with E-state index in [9.17, 15) is 19.2 Å². The number of esters is 4. The molecule has 1 fully saturated rings. The standard InChI is InChI=1S/C12H16O8/c1-5-9(13)18-7(3)11(15)20-8(4)12(16)19-6(2)10(14)17-5/h5-8H,1-4H3. The summed E-state index contributed by atoms with van der Waals surface area (Å²) in [4.78, 5) is 46.3. The van der Waals surface area contributed by atoms with E-state index in [1.807, 2.05) is 0 Å². The SMILES string of the molecule is CC1OC(=O)C(C)OC(=O)C(C)OC(=O)C(C)OC1=O. The summed E-state index contributed by atoms with van der Waals surface area (Å²) in [5.41, 5.74) is 0. The molecular weight excluding hydrogens is 272 g/mol. The number of carbonyl (C=O) groups is 4. The van der Waals surface area contributed by atoms with Crippen LogP contribution in [0.4, 0.5) is 0 Å². The van der Waals surface area contributed by atoms with Crippen LogP contribution in [0.2, 0.25) is 0 Å². The topological polar surface area (TPSA) is 105 Å². The Kier molecular flexibility index (Phi) is 5.06. The van der Waals surface area contributed by atoms with Crippen LogP contribution in [0.25, 0.3) is 0 Å². The molecule has 0 amide bonds. The van der Waals surface area contributed by atoms with Gasteiger partial charge in [-0.05, 0) is 27.7 Å². The Bertz CT molecular complexity index is 349. The van der Waals surface area contributed by atoms with E-state index in [0.29, 0.717) is 0 Å². The Labute approximate surface area is 115 Å². The zero-order valence-electron chi connectivity index (χ0n) is 11.6. The molecule has 0 aliphatic carbocycles. The molecule has 1 aliphatic rings. The molecule has 112 valence electrons. The predicted molar refractivity (Wildman–Crippen MR) is 62.2 cm³/mol. The van der Waals surface area contributed by atoms with Gasteiger partial charge in [0.15, 0.2) is 24.4 Å². The van der Waals surface area contributed by atoms with Gasteiger partial charge in [0.1, 0.15) is 0 Å². The quantitative estimate of drug-likeness (QED) is 0.443. The molecule has 0 saturated carbocycles. The zero-order chi connectivity index (χ0) is 15.4. The summed E-state index contributed by atoms with van der Waals surface area (Å²) in [5.74, 6) is -3.58. The van der Waals surface area contributed by atoms with Crippen molar-refractivity contribution in [3.05, 3.63) is 0 Å². The second-order valence-corrected chi connectivity index (χ2v) is 4.32. The maximum atomic E-state index is 11.6. The van der Waals surface area contributed by atoms with Crippen molar-refractivity contribution in [3.63, 3.8) is 0 Å². The van der Waals surface area contributed by atoms with Crippen molar-refractivity contribution in [2.45, 2.75) is 52.1 Å². The second kappa shape index (κ2) is 6.36. The van der Waals surface area contributed by atoms with Gasteiger partial charge in [0.2, 0.25) is 0 Å². The molecule has 0 aromatic rings. The van der Waals surface area contributed by atoms with Crippen molar-refractivity contribution in [2.24, 2.45) is 0 Å². The monoisotopic (exact) mass is 288 g/mol. The lowest BCUT2D eigenvalue weighted by Crippen LogP contribution is -2.40. The molecule has 1 aliphatic heterocycles. The van der Waals surface area contributed by atoms with Crippen molar-refractivity contribution >= 4 is 23.9 Å². The Morgan fingerprint density at radius 1 is 0.500 bits per heavy atom. The molecule has 4 unspecified atom stereocenters. The Hall–Kier alpha value is -2.12. The van der Waals surface area contributed by atoms with E-state index in [1.54, 1.807) is 0 Å². The molecule has 4 atom stereocenters. The van der Waals surface area contributed by atoms with Gasteiger partial charge in [-0.1, -0.05) is 0 Å². The first kappa shape index (κ1) is 15.9. The largest absolute Gasteiger partial charge is 0.448 e. The van der Waals surface area contributed by atoms with Crippen molar-refractivity contribution in [1.29, 1.82) is 0 Å². The van der Waals surface area contributed by atoms with Crippen LogP contribution < -0.4 is 0 Å². The minimum atomic E-state index is -1.23. The van der Waals surface area contributed by atoms with Gasteiger partial charge in [0, 0.05) is 0 Å². The van der Waals surface area contributed by atoms with E-state index in [1.165, 1.54) is 27.7 Å². The average Bonchev–Trinajstić information content (AvgIpc) is 2.36. The molecule has 0 aromatic heterocycles. The van der Waals surface area contributed by atoms with Crippen LogP contribution in [0.3, 0.4) is 0 Å². The lowest BCUT2D eigenvalue weighted by molar-refractivity contribution is -0.191. The number of hydrogen-bond acceptors (Lipinski definition) is 8. The van der Waals surface area contributed by atoms with Crippen LogP contribution in [-0.2, 0) is 38.1 Å². The normalized spacial score (nSPS) is 33.0. The zero-order valence-corrected chi connectivity index (χ0v) is 11.6. The molecule has 0 N–H and O–H groups in total. The summed E-state index contributed by atoms with van der Waals surface area (Å²) < 4.78 is 19.1. The number of cyclic esters (lactones) is 4. The molecule has 0 spiro atoms. The van der Waals surface area contributed by atoms with Crippen LogP contribution in [0, 0.1) is 0 Å². The fourth-order valence-corrected chi connectivity index (χ4v) is 1.27. The van der Waals surface area contributed by atoms with Crippen LogP contribution in [-0.4, -0.2) is 48.3 Å². The van der Waals surface area contributed by atoms with E-state index < -0.39 is 48.3 Å². The third kappa shape index (κ3) is 3.94. The molecule has 1 rings (SSSR count). The van der Waals surface area contributed by atoms with Crippen LogP contribution in [0.1, 0.15) is 27.7 Å². The molecule has 0 aromatic carbocycles. The van der Waals surface area contributed by atoms with E-state index in [0.717, 1.165) is 0 Å². The summed E-state index contributed by atoms with van der Waals surface area (Å²) >= 11 is 0. The first-order valence-electron chi connectivity index (χ1n) is 6.04. The summed E-state index contributed by atoms with van der Waals surface area (Å²) in [5, 5.41) is 0. The number of carbonyl (C=O) groups excluding carboxylic acids is 4. The average molecular weight is 288 g/mol. The fraction of sp³-hybridized carbons (Fsp3) is 0.667. The fourth-order valence-electron chi connectivity index (χ4n) is 1.27. The van der Waals surface area contributed by atoms with Gasteiger partial charge in [-0.25, -0.2) is 19.2 Å². The maximum absolute atomic E-state index is 11.6. The van der Waals surface area contributed by atoms with Crippen molar-refractivity contribution in [2.75, 3.05) is 0 Å². The number of ether oxygens (including phenoxy) is 4. The van der Waals surface area contributed by atoms with Crippen molar-refractivity contribution < 1.29 is 38.1 Å². The van der Waals surface area contributed by atoms with Gasteiger partial charge in [-0.3, -0.25) is 0 Å². The smallest absolute Gasteiger partial charge is 0.347 e. The first-order chi connectivity index (χ1) is 9.22. The highest BCUT2D eigenvalue weighted by molar-refractivity contribution is 5.87. The molecule has 1 heterocycles. The van der Waals surface area contributed by atoms with Gasteiger partial charge in [0.05, 0.1) is 0 Å². The highest BCUT2D eigenvalue weighted by Crippen LogP contribution is 2.09. The third-order valence-corrected chi connectivity index (χ3v) is 2.50. The van der Waals surface area contributed by atoms with E-state index in [-0.39, 0.29) is 0 Å². The summed E-state index contributed by atoms with van der Waals surface area (Å²) in [6.45, 7) is 5.12. The van der Waals surface area contributed by atoms with E-state index in [4.69, 9.17) is 18.9 Å². The molecular formula is C12H16O8. The molecule has 0 bridgehead atoms. The first-order valence-corrected chi connectivity index (χ1v) is 6.04. The minimum Gasteiger partial charge on any atom is -0.448 e. The molecule has 8 heteroatoms.